The van der Waals surface area contributed by atoms with E-state index in [0.717, 1.165) is 19.3 Å². The largest absolute Gasteiger partial charge is 0.395 e. The summed E-state index contributed by atoms with van der Waals surface area (Å²) >= 11 is 0. The third-order valence-corrected chi connectivity index (χ3v) is 3.42. The maximum Gasteiger partial charge on any atom is 0.251 e. The molecule has 3 atom stereocenters. The highest BCUT2D eigenvalue weighted by Gasteiger charge is 2.45. The molecule has 0 aromatic carbocycles. The molecule has 0 amide bonds. The van der Waals surface area contributed by atoms with Crippen LogP contribution in [-0.4, -0.2) is 41.7 Å². The van der Waals surface area contributed by atoms with E-state index in [9.17, 15) is 8.78 Å². The van der Waals surface area contributed by atoms with Gasteiger partial charge in [-0.2, -0.15) is 0 Å². The maximum atomic E-state index is 12.2. The van der Waals surface area contributed by atoms with Crippen molar-refractivity contribution < 1.29 is 13.9 Å². The molecule has 1 saturated carbocycles. The molecule has 1 aliphatic carbocycles. The van der Waals surface area contributed by atoms with Crippen LogP contribution in [0.1, 0.15) is 19.3 Å². The van der Waals surface area contributed by atoms with Gasteiger partial charge in [0.05, 0.1) is 13.2 Å². The highest BCUT2D eigenvalue weighted by Crippen LogP contribution is 2.42. The first-order chi connectivity index (χ1) is 6.22. The summed E-state index contributed by atoms with van der Waals surface area (Å²) in [6.45, 7) is -0.125. The van der Waals surface area contributed by atoms with Gasteiger partial charge in [-0.05, 0) is 25.2 Å². The summed E-state index contributed by atoms with van der Waals surface area (Å²) in [6.07, 6.45) is 0.884. The summed E-state index contributed by atoms with van der Waals surface area (Å²) in [5.74, 6) is 0.466. The Kier molecular flexibility index (Phi) is 2.51. The van der Waals surface area contributed by atoms with E-state index in [4.69, 9.17) is 5.11 Å². The molecule has 2 fully saturated rings. The molecule has 13 heavy (non-hydrogen) atoms. The van der Waals surface area contributed by atoms with Crippen LogP contribution < -0.4 is 0 Å². The number of hydrogen-bond acceptors (Lipinski definition) is 2. The average Bonchev–Trinajstić information content (AvgIpc) is 2.62. The zero-order valence-corrected chi connectivity index (χ0v) is 7.50. The van der Waals surface area contributed by atoms with Gasteiger partial charge in [0, 0.05) is 12.1 Å². The molecule has 0 spiro atoms. The highest BCUT2D eigenvalue weighted by atomic mass is 19.3. The van der Waals surface area contributed by atoms with Gasteiger partial charge in [0.25, 0.3) is 6.43 Å². The highest BCUT2D eigenvalue weighted by molar-refractivity contribution is 4.99. The van der Waals surface area contributed by atoms with E-state index in [2.05, 4.69) is 0 Å². The summed E-state index contributed by atoms with van der Waals surface area (Å²) in [5, 5.41) is 9.08. The Labute approximate surface area is 76.5 Å². The summed E-state index contributed by atoms with van der Waals surface area (Å²) in [6, 6.07) is 0.323. The van der Waals surface area contributed by atoms with Crippen molar-refractivity contribution in [1.29, 1.82) is 0 Å². The smallest absolute Gasteiger partial charge is 0.251 e. The minimum atomic E-state index is -2.27. The molecule has 4 heteroatoms. The van der Waals surface area contributed by atoms with E-state index in [1.165, 1.54) is 0 Å². The standard InChI is InChI=1S/C9H15F2NO/c10-9(11)4-12-7-2-1-6(3-7)8(12)5-13/h6-9,13H,1-5H2/t6-,7+,8+/m1/s1. The molecule has 2 aliphatic rings. The van der Waals surface area contributed by atoms with Gasteiger partial charge >= 0.3 is 0 Å². The summed E-state index contributed by atoms with van der Waals surface area (Å²) in [4.78, 5) is 1.80. The van der Waals surface area contributed by atoms with E-state index in [-0.39, 0.29) is 19.2 Å². The van der Waals surface area contributed by atoms with Crippen LogP contribution in [-0.2, 0) is 0 Å². The molecule has 76 valence electrons. The fraction of sp³-hybridized carbons (Fsp3) is 1.00. The molecular formula is C9H15F2NO. The Morgan fingerprint density at radius 1 is 1.38 bits per heavy atom. The SMILES string of the molecule is OC[C@H]1[C@@H]2CC[C@@H](C2)N1CC(F)F. The Hall–Kier alpha value is -0.220. The quantitative estimate of drug-likeness (QED) is 0.722. The molecule has 0 aromatic heterocycles. The Bertz CT molecular complexity index is 188. The van der Waals surface area contributed by atoms with Crippen molar-refractivity contribution in [3.05, 3.63) is 0 Å². The van der Waals surface area contributed by atoms with Crippen LogP contribution >= 0.6 is 0 Å². The van der Waals surface area contributed by atoms with Gasteiger partial charge in [0.1, 0.15) is 0 Å². The number of rotatable bonds is 3. The Morgan fingerprint density at radius 2 is 2.15 bits per heavy atom. The first kappa shape index (κ1) is 9.34. The van der Waals surface area contributed by atoms with Crippen LogP contribution in [0, 0.1) is 5.92 Å². The van der Waals surface area contributed by atoms with E-state index < -0.39 is 6.43 Å². The molecule has 1 heterocycles. The zero-order valence-electron chi connectivity index (χ0n) is 7.50. The van der Waals surface area contributed by atoms with Gasteiger partial charge in [-0.3, -0.25) is 4.90 Å². The molecule has 1 aliphatic heterocycles. The fourth-order valence-electron chi connectivity index (χ4n) is 2.88. The zero-order chi connectivity index (χ0) is 9.42. The van der Waals surface area contributed by atoms with Crippen LogP contribution in [0.25, 0.3) is 0 Å². The maximum absolute atomic E-state index is 12.2. The van der Waals surface area contributed by atoms with Gasteiger partial charge in [-0.25, -0.2) is 8.78 Å². The van der Waals surface area contributed by atoms with Crippen LogP contribution in [0.15, 0.2) is 0 Å². The number of halogens is 2. The molecular weight excluding hydrogens is 176 g/mol. The summed E-state index contributed by atoms with van der Waals surface area (Å²) < 4.78 is 24.4. The average molecular weight is 191 g/mol. The minimum Gasteiger partial charge on any atom is -0.395 e. The molecule has 2 bridgehead atoms. The monoisotopic (exact) mass is 191 g/mol. The topological polar surface area (TPSA) is 23.5 Å². The van der Waals surface area contributed by atoms with Crippen LogP contribution in [0.4, 0.5) is 8.78 Å². The van der Waals surface area contributed by atoms with Crippen molar-refractivity contribution in [2.24, 2.45) is 5.92 Å². The van der Waals surface area contributed by atoms with Crippen molar-refractivity contribution in [3.8, 4) is 0 Å². The Balaban J connectivity index is 2.00. The number of alkyl halides is 2. The molecule has 1 N–H and O–H groups in total. The number of aliphatic hydroxyl groups is 1. The fourth-order valence-corrected chi connectivity index (χ4v) is 2.88. The molecule has 0 aromatic rings. The molecule has 1 saturated heterocycles. The number of nitrogens with zero attached hydrogens (tertiary/aromatic N) is 1. The molecule has 2 nitrogen and oxygen atoms in total. The van der Waals surface area contributed by atoms with Gasteiger partial charge < -0.3 is 5.11 Å². The predicted molar refractivity (Wildman–Crippen MR) is 44.7 cm³/mol. The van der Waals surface area contributed by atoms with E-state index in [1.54, 1.807) is 4.90 Å². The van der Waals surface area contributed by atoms with Crippen molar-refractivity contribution in [2.75, 3.05) is 13.2 Å². The first-order valence-corrected chi connectivity index (χ1v) is 4.87. The van der Waals surface area contributed by atoms with Crippen LogP contribution in [0.2, 0.25) is 0 Å². The summed E-state index contributed by atoms with van der Waals surface area (Å²) in [7, 11) is 0. The van der Waals surface area contributed by atoms with Crippen molar-refractivity contribution in [1.82, 2.24) is 4.90 Å². The summed E-state index contributed by atoms with van der Waals surface area (Å²) in [5.41, 5.74) is 0. The number of aliphatic hydroxyl groups excluding tert-OH is 1. The minimum absolute atomic E-state index is 0.00718. The first-order valence-electron chi connectivity index (χ1n) is 4.87. The third kappa shape index (κ3) is 1.57. The van der Waals surface area contributed by atoms with Gasteiger partial charge in [-0.15, -0.1) is 0 Å². The van der Waals surface area contributed by atoms with E-state index in [1.807, 2.05) is 0 Å². The number of likely N-dealkylation sites (tertiary alicyclic amines) is 1. The van der Waals surface area contributed by atoms with E-state index in [0.29, 0.717) is 12.0 Å². The lowest BCUT2D eigenvalue weighted by molar-refractivity contribution is 0.0241. The predicted octanol–water partition coefficient (Wildman–Crippen LogP) is 1.10. The third-order valence-electron chi connectivity index (χ3n) is 3.42. The van der Waals surface area contributed by atoms with Crippen molar-refractivity contribution >= 4 is 0 Å². The van der Waals surface area contributed by atoms with Crippen molar-refractivity contribution in [3.63, 3.8) is 0 Å². The lowest BCUT2D eigenvalue weighted by Gasteiger charge is -2.33. The second-order valence-corrected chi connectivity index (χ2v) is 4.06. The lowest BCUT2D eigenvalue weighted by Crippen LogP contribution is -2.45. The second-order valence-electron chi connectivity index (χ2n) is 4.06. The molecule has 0 radical (unpaired) electrons. The normalized spacial score (nSPS) is 39.2. The number of piperidine rings is 1. The van der Waals surface area contributed by atoms with Gasteiger partial charge in [0.2, 0.25) is 0 Å². The second kappa shape index (κ2) is 3.50. The Morgan fingerprint density at radius 3 is 2.77 bits per heavy atom. The lowest BCUT2D eigenvalue weighted by atomic mass is 9.99. The van der Waals surface area contributed by atoms with Crippen molar-refractivity contribution in [2.45, 2.75) is 37.8 Å². The van der Waals surface area contributed by atoms with Crippen LogP contribution in [0.5, 0.6) is 0 Å². The number of hydrogen-bond donors (Lipinski definition) is 1. The molecule has 2 rings (SSSR count). The van der Waals surface area contributed by atoms with E-state index >= 15 is 0 Å². The molecule has 0 unspecified atom stereocenters. The number of fused-ring (bicyclic) bond motifs is 2. The van der Waals surface area contributed by atoms with Gasteiger partial charge in [0.15, 0.2) is 0 Å². The van der Waals surface area contributed by atoms with Gasteiger partial charge in [-0.1, -0.05) is 0 Å². The van der Waals surface area contributed by atoms with Crippen LogP contribution in [0.3, 0.4) is 0 Å².